The van der Waals surface area contributed by atoms with Gasteiger partial charge >= 0.3 is 5.97 Å². The molecule has 11 heavy (non-hydrogen) atoms. The molecule has 2 rings (SSSR count). The Morgan fingerprint density at radius 1 is 1.64 bits per heavy atom. The summed E-state index contributed by atoms with van der Waals surface area (Å²) in [4.78, 5) is 12.7. The Kier molecular flexibility index (Phi) is 1.15. The minimum absolute atomic E-state index is 0.223. The van der Waals surface area contributed by atoms with E-state index in [2.05, 4.69) is 6.92 Å². The minimum Gasteiger partial charge on any atom is -0.480 e. The second kappa shape index (κ2) is 1.78. The Balaban J connectivity index is 2.14. The van der Waals surface area contributed by atoms with Crippen LogP contribution in [-0.4, -0.2) is 35.1 Å². The lowest BCUT2D eigenvalue weighted by Gasteiger charge is -2.17. The number of carboxylic acid groups (broad SMARTS) is 1. The molecule has 62 valence electrons. The molecule has 0 aromatic heterocycles. The summed E-state index contributed by atoms with van der Waals surface area (Å²) in [5, 5.41) is 8.79. The average molecular weight is 155 g/mol. The first-order valence-corrected chi connectivity index (χ1v) is 3.99. The molecule has 1 saturated carbocycles. The molecule has 2 aliphatic rings. The van der Waals surface area contributed by atoms with Crippen LogP contribution in [0.25, 0.3) is 0 Å². The highest BCUT2D eigenvalue weighted by atomic mass is 16.4. The van der Waals surface area contributed by atoms with E-state index in [9.17, 15) is 4.79 Å². The Bertz CT molecular complexity index is 216. The zero-order valence-electron chi connectivity index (χ0n) is 6.87. The van der Waals surface area contributed by atoms with E-state index in [0.717, 1.165) is 6.42 Å². The van der Waals surface area contributed by atoms with Crippen molar-refractivity contribution in [1.82, 2.24) is 4.90 Å². The predicted octanol–water partition coefficient (Wildman–Crippen LogP) is 0.554. The molecule has 3 nitrogen and oxygen atoms in total. The molecule has 3 heteroatoms. The molecule has 0 amide bonds. The standard InChI is InChI=1S/C8H13NO2/c1-8-3-5(7(10)11)9(2)6(8)4-8/h5-6H,3-4H2,1-2H3,(H,10,11)/t5-,6+,8-/m0/s1. The van der Waals surface area contributed by atoms with Crippen LogP contribution >= 0.6 is 0 Å². The quantitative estimate of drug-likeness (QED) is 0.601. The number of hydrogen-bond donors (Lipinski definition) is 1. The monoisotopic (exact) mass is 155 g/mol. The van der Waals surface area contributed by atoms with E-state index in [1.54, 1.807) is 0 Å². The Morgan fingerprint density at radius 2 is 2.27 bits per heavy atom. The molecular weight excluding hydrogens is 142 g/mol. The first-order valence-electron chi connectivity index (χ1n) is 3.99. The molecule has 0 spiro atoms. The topological polar surface area (TPSA) is 40.5 Å². The molecule has 0 aromatic rings. The van der Waals surface area contributed by atoms with E-state index in [1.165, 1.54) is 6.42 Å². The van der Waals surface area contributed by atoms with Gasteiger partial charge < -0.3 is 5.11 Å². The fourth-order valence-corrected chi connectivity index (χ4v) is 2.30. The normalized spacial score (nSPS) is 48.9. The van der Waals surface area contributed by atoms with Crippen molar-refractivity contribution in [3.05, 3.63) is 0 Å². The van der Waals surface area contributed by atoms with Gasteiger partial charge in [0, 0.05) is 6.04 Å². The van der Waals surface area contributed by atoms with Gasteiger partial charge in [-0.25, -0.2) is 0 Å². The number of carboxylic acids is 1. The summed E-state index contributed by atoms with van der Waals surface area (Å²) >= 11 is 0. The third kappa shape index (κ3) is 0.805. The maximum Gasteiger partial charge on any atom is 0.320 e. The van der Waals surface area contributed by atoms with Crippen LogP contribution in [0.2, 0.25) is 0 Å². The number of likely N-dealkylation sites (N-methyl/N-ethyl adjacent to an activating group) is 1. The van der Waals surface area contributed by atoms with Gasteiger partial charge in [0.1, 0.15) is 6.04 Å². The van der Waals surface area contributed by atoms with E-state index in [4.69, 9.17) is 5.11 Å². The van der Waals surface area contributed by atoms with E-state index in [1.807, 2.05) is 11.9 Å². The van der Waals surface area contributed by atoms with Crippen molar-refractivity contribution in [3.63, 3.8) is 0 Å². The highest BCUT2D eigenvalue weighted by Crippen LogP contribution is 2.58. The molecule has 0 bridgehead atoms. The van der Waals surface area contributed by atoms with Crippen LogP contribution in [0.15, 0.2) is 0 Å². The van der Waals surface area contributed by atoms with Gasteiger partial charge in [0.05, 0.1) is 0 Å². The lowest BCUT2D eigenvalue weighted by Crippen LogP contribution is -2.35. The van der Waals surface area contributed by atoms with Crippen molar-refractivity contribution in [3.8, 4) is 0 Å². The van der Waals surface area contributed by atoms with Crippen molar-refractivity contribution in [2.24, 2.45) is 5.41 Å². The first kappa shape index (κ1) is 7.10. The summed E-state index contributed by atoms with van der Waals surface area (Å²) in [6, 6.07) is 0.322. The van der Waals surface area contributed by atoms with Gasteiger partial charge in [0.2, 0.25) is 0 Å². The Morgan fingerprint density at radius 3 is 2.55 bits per heavy atom. The van der Waals surface area contributed by atoms with E-state index < -0.39 is 5.97 Å². The van der Waals surface area contributed by atoms with Crippen LogP contribution in [0.5, 0.6) is 0 Å². The van der Waals surface area contributed by atoms with Gasteiger partial charge in [-0.05, 0) is 25.3 Å². The van der Waals surface area contributed by atoms with Crippen molar-refractivity contribution in [2.75, 3.05) is 7.05 Å². The average Bonchev–Trinajstić information content (AvgIpc) is 2.50. The van der Waals surface area contributed by atoms with E-state index >= 15 is 0 Å². The second-order valence-electron chi connectivity index (χ2n) is 4.10. The van der Waals surface area contributed by atoms with Gasteiger partial charge in [-0.1, -0.05) is 6.92 Å². The number of nitrogens with zero attached hydrogens (tertiary/aromatic N) is 1. The third-order valence-electron chi connectivity index (χ3n) is 3.23. The predicted molar refractivity (Wildman–Crippen MR) is 40.3 cm³/mol. The molecule has 1 aliphatic carbocycles. The van der Waals surface area contributed by atoms with Crippen LogP contribution < -0.4 is 0 Å². The molecule has 2 fully saturated rings. The maximum atomic E-state index is 10.7. The van der Waals surface area contributed by atoms with Gasteiger partial charge in [-0.15, -0.1) is 0 Å². The molecular formula is C8H13NO2. The van der Waals surface area contributed by atoms with Crippen LogP contribution in [0.4, 0.5) is 0 Å². The summed E-state index contributed by atoms with van der Waals surface area (Å²) in [5.41, 5.74) is 0.331. The fourth-order valence-electron chi connectivity index (χ4n) is 2.30. The van der Waals surface area contributed by atoms with Crippen LogP contribution in [-0.2, 0) is 4.79 Å². The lowest BCUT2D eigenvalue weighted by atomic mass is 10.0. The molecule has 1 N–H and O–H groups in total. The van der Waals surface area contributed by atoms with Gasteiger partial charge in [0.15, 0.2) is 0 Å². The lowest BCUT2D eigenvalue weighted by molar-refractivity contribution is -0.142. The van der Waals surface area contributed by atoms with Crippen LogP contribution in [0.3, 0.4) is 0 Å². The molecule has 1 aliphatic heterocycles. The smallest absolute Gasteiger partial charge is 0.320 e. The second-order valence-corrected chi connectivity index (χ2v) is 4.10. The molecule has 1 saturated heterocycles. The number of rotatable bonds is 1. The van der Waals surface area contributed by atoms with E-state index in [0.29, 0.717) is 11.5 Å². The van der Waals surface area contributed by atoms with Crippen molar-refractivity contribution in [2.45, 2.75) is 31.8 Å². The van der Waals surface area contributed by atoms with Gasteiger partial charge in [-0.3, -0.25) is 9.69 Å². The Labute approximate surface area is 66.0 Å². The van der Waals surface area contributed by atoms with Crippen molar-refractivity contribution < 1.29 is 9.90 Å². The minimum atomic E-state index is -0.666. The highest BCUT2D eigenvalue weighted by molar-refractivity contribution is 5.74. The van der Waals surface area contributed by atoms with Crippen LogP contribution in [0.1, 0.15) is 19.8 Å². The van der Waals surface area contributed by atoms with Gasteiger partial charge in [-0.2, -0.15) is 0 Å². The summed E-state index contributed by atoms with van der Waals surface area (Å²) in [7, 11) is 1.92. The fraction of sp³-hybridized carbons (Fsp3) is 0.875. The Hall–Kier alpha value is -0.570. The third-order valence-corrected chi connectivity index (χ3v) is 3.23. The number of piperidine rings is 1. The number of fused-ring (bicyclic) bond motifs is 1. The zero-order chi connectivity index (χ0) is 8.22. The number of carbonyl (C=O) groups is 1. The maximum absolute atomic E-state index is 10.7. The highest BCUT2D eigenvalue weighted by Gasteiger charge is 2.61. The molecule has 1 heterocycles. The molecule has 3 atom stereocenters. The van der Waals surface area contributed by atoms with Crippen molar-refractivity contribution in [1.29, 1.82) is 0 Å². The summed E-state index contributed by atoms with van der Waals surface area (Å²) in [5.74, 6) is -0.666. The largest absolute Gasteiger partial charge is 0.480 e. The first-order chi connectivity index (χ1) is 5.04. The SMILES string of the molecule is CN1[C@H](C(=O)O)C[C@@]2(C)C[C@@H]12. The molecule has 0 radical (unpaired) electrons. The zero-order valence-corrected chi connectivity index (χ0v) is 6.87. The number of aliphatic carboxylic acids is 1. The van der Waals surface area contributed by atoms with Gasteiger partial charge in [0.25, 0.3) is 0 Å². The molecule has 0 unspecified atom stereocenters. The molecule has 0 aromatic carbocycles. The summed E-state index contributed by atoms with van der Waals surface area (Å²) in [6.45, 7) is 2.18. The summed E-state index contributed by atoms with van der Waals surface area (Å²) < 4.78 is 0. The summed E-state index contributed by atoms with van der Waals surface area (Å²) in [6.07, 6.45) is 2.02. The number of likely N-dealkylation sites (tertiary alicyclic amines) is 1. The van der Waals surface area contributed by atoms with Crippen molar-refractivity contribution >= 4 is 5.97 Å². The number of hydrogen-bond acceptors (Lipinski definition) is 2. The van der Waals surface area contributed by atoms with E-state index in [-0.39, 0.29) is 6.04 Å². The van der Waals surface area contributed by atoms with Crippen LogP contribution in [0, 0.1) is 5.41 Å².